The second-order valence-corrected chi connectivity index (χ2v) is 50.8. The Balaban J connectivity index is 0.000000418. The number of hydrogen-bond donors (Lipinski definition) is 1. The Morgan fingerprint density at radius 3 is 0.800 bits per heavy atom. The van der Waals surface area contributed by atoms with E-state index in [2.05, 4.69) is 20.0 Å². The van der Waals surface area contributed by atoms with Crippen molar-refractivity contribution >= 4 is 74.7 Å². The molecule has 8 bridgehead atoms. The molecule has 105 heavy (non-hydrogen) atoms. The van der Waals surface area contributed by atoms with E-state index in [1.165, 1.54) is 61.3 Å². The number of piperazine rings is 3. The van der Waals surface area contributed by atoms with Crippen molar-refractivity contribution in [2.24, 2.45) is 0 Å². The van der Waals surface area contributed by atoms with Crippen LogP contribution >= 0.6 is 7.14 Å². The molecule has 0 amide bonds. The van der Waals surface area contributed by atoms with Gasteiger partial charge >= 0.3 is 61.6 Å². The van der Waals surface area contributed by atoms with Crippen molar-refractivity contribution in [1.29, 1.82) is 0 Å². The zero-order valence-corrected chi connectivity index (χ0v) is 76.3. The monoisotopic (exact) mass is 1690 g/mol. The molecule has 0 spiro atoms. The molecule has 0 aromatic rings. The van der Waals surface area contributed by atoms with Gasteiger partial charge in [0.05, 0.1) is 92.8 Å². The normalized spacial score (nSPS) is 27.7. The predicted octanol–water partition coefficient (Wildman–Crippen LogP) is -2.15. The quantitative estimate of drug-likeness (QED) is 0.0294. The maximum Gasteiger partial charge on any atom is 0.501 e. The first kappa shape index (κ1) is 99.9. The highest BCUT2D eigenvalue weighted by Crippen LogP contribution is 2.50. The van der Waals surface area contributed by atoms with Crippen molar-refractivity contribution < 1.29 is 147 Å². The Morgan fingerprint density at radius 1 is 0.390 bits per heavy atom. The number of carbonyl (C=O) groups is 1. The van der Waals surface area contributed by atoms with Crippen LogP contribution in [-0.4, -0.2) is 376 Å². The fourth-order valence-corrected chi connectivity index (χ4v) is 35.1. The van der Waals surface area contributed by atoms with Gasteiger partial charge in [-0.25, -0.2) is 0 Å². The van der Waals surface area contributed by atoms with Gasteiger partial charge in [0.1, 0.15) is 39.3 Å². The SMILES string of the molecule is CC(=O)[O-].CCO[Si](CCC[N+]12CC[N+](CCC[Si](OCC)(OCC)OCC)(CC1)CC2)(OCC)OCC.CO[Si](CCC[NH2+]CCC[Si](OC)(OC)OC)(OC)OC.O=P(CCC[Si]12OCCN(CCO1)CCO2)(CCC[Si]12OCCN(CCO1)CCO2)CCC[Si]12OCCN(CCO1)CCO2.[Cl-].[Cl-]. The van der Waals surface area contributed by atoms with E-state index in [1.807, 2.05) is 41.5 Å². The van der Waals surface area contributed by atoms with Crippen LogP contribution in [0.3, 0.4) is 0 Å². The van der Waals surface area contributed by atoms with Gasteiger partial charge in [-0.1, -0.05) is 0 Å². The third kappa shape index (κ3) is 34.6. The van der Waals surface area contributed by atoms with Crippen molar-refractivity contribution in [3.05, 3.63) is 0 Å². The number of nitrogens with two attached hydrogens (primary N) is 1. The van der Waals surface area contributed by atoms with Crippen LogP contribution in [0.25, 0.3) is 0 Å². The van der Waals surface area contributed by atoms with Gasteiger partial charge in [0.15, 0.2) is 0 Å². The average molecular weight is 1690 g/mol. The molecule has 12 saturated heterocycles. The van der Waals surface area contributed by atoms with E-state index in [9.17, 15) is 4.57 Å². The summed E-state index contributed by atoms with van der Waals surface area (Å²) >= 11 is 0. The number of nitrogens with zero attached hydrogens (tertiary/aromatic N) is 5. The summed E-state index contributed by atoms with van der Waals surface area (Å²) in [5.41, 5.74) is 0. The lowest BCUT2D eigenvalue weighted by atomic mass is 10.1. The molecular formula is C65H143Cl2N6O24PSi7. The number of halogens is 2. The molecule has 0 aliphatic carbocycles. The number of hydrogen-bond acceptors (Lipinski definition) is 27. The molecule has 12 heterocycles. The summed E-state index contributed by atoms with van der Waals surface area (Å²) in [5.74, 6) is -1.08. The van der Waals surface area contributed by atoms with Gasteiger partial charge in [0.2, 0.25) is 0 Å². The largest absolute Gasteiger partial charge is 1.00 e. The van der Waals surface area contributed by atoms with E-state index in [1.54, 1.807) is 42.7 Å². The third-order valence-electron chi connectivity index (χ3n) is 20.9. The molecule has 0 aromatic heterocycles. The van der Waals surface area contributed by atoms with Gasteiger partial charge in [-0.15, -0.1) is 0 Å². The maximum absolute atomic E-state index is 14.8. The Morgan fingerprint density at radius 2 is 0.600 bits per heavy atom. The van der Waals surface area contributed by atoms with Gasteiger partial charge in [0, 0.05) is 234 Å². The Labute approximate surface area is 652 Å². The molecule has 40 heteroatoms. The van der Waals surface area contributed by atoms with Crippen LogP contribution in [0.5, 0.6) is 0 Å². The molecule has 624 valence electrons. The molecule has 12 aliphatic rings. The van der Waals surface area contributed by atoms with E-state index in [0.29, 0.717) is 136 Å². The number of quaternary nitrogens is 3. The van der Waals surface area contributed by atoms with Gasteiger partial charge in [-0.2, -0.15) is 0 Å². The minimum absolute atomic E-state index is 0. The van der Waals surface area contributed by atoms with Gasteiger partial charge < -0.3 is 147 Å². The van der Waals surface area contributed by atoms with Crippen LogP contribution in [-0.2, 0) is 102 Å². The number of carbonyl (C=O) groups excluding carboxylic acids is 1. The Kier molecular flexibility index (Phi) is 50.5. The summed E-state index contributed by atoms with van der Waals surface area (Å²) < 4.78 is 143. The number of carboxylic acids is 1. The topological polar surface area (TPSA) is 277 Å². The van der Waals surface area contributed by atoms with E-state index >= 15 is 0 Å². The lowest BCUT2D eigenvalue weighted by Crippen LogP contribution is -3.00. The van der Waals surface area contributed by atoms with E-state index in [0.717, 1.165) is 148 Å². The molecule has 0 unspecified atom stereocenters. The number of fused-ring (bicyclic) bond motifs is 21. The smallest absolute Gasteiger partial charge is 0.501 e. The van der Waals surface area contributed by atoms with E-state index in [-0.39, 0.29) is 24.8 Å². The maximum atomic E-state index is 14.8. The van der Waals surface area contributed by atoms with Crippen LogP contribution in [0.2, 0.25) is 42.3 Å². The van der Waals surface area contributed by atoms with Crippen LogP contribution in [0.1, 0.15) is 93.4 Å². The van der Waals surface area contributed by atoms with Gasteiger partial charge in [-0.3, -0.25) is 14.7 Å². The Hall–Kier alpha value is 0.718. The standard InChI is InChI=1S/C27H54N3O10PSi3.C24H54N2O6Si2.C12H31NO6Si2.C2H4O2.2ClH/c31-41(22-1-25-42-32-13-4-28(5-14-33-42)6-15-34-42,23-2-26-43-35-16-7-29(8-17-36-43)9-18-37-43)24-3-27-44-38-19-10-30(11-20-39-44)12-21-40-44;1-7-27-33(28-8-2,29-9-3)23-13-15-25-17-20-26(21-18-25,22-19-25)16-14-24-34(30-10-4,31-11-5)32-12-6;1-14-20(15-2,16-3)11-7-9-13-10-8-12-21(17-4,18-5)19-6;1-2(3)4;;/h1-27H2;7-24H2,1-6H3;13H,7-12H2,1-6H3;1H3,(H,3,4);2*1H/q;+2;;;;/p-2. The van der Waals surface area contributed by atoms with Gasteiger partial charge in [-0.05, 0) is 67.7 Å². The zero-order chi connectivity index (χ0) is 74.9. The molecule has 12 rings (SSSR count). The summed E-state index contributed by atoms with van der Waals surface area (Å²) in [7, 11) is -10.8. The van der Waals surface area contributed by atoms with Crippen LogP contribution in [0.15, 0.2) is 0 Å². The highest BCUT2D eigenvalue weighted by atomic mass is 35.5. The van der Waals surface area contributed by atoms with Crippen molar-refractivity contribution in [1.82, 2.24) is 14.7 Å². The molecule has 0 aromatic carbocycles. The third-order valence-corrected chi connectivity index (χ3v) is 45.0. The first-order valence-electron chi connectivity index (χ1n) is 39.0. The first-order chi connectivity index (χ1) is 49.7. The van der Waals surface area contributed by atoms with E-state index in [4.69, 9.17) is 103 Å². The van der Waals surface area contributed by atoms with Crippen LogP contribution < -0.4 is 35.2 Å². The van der Waals surface area contributed by atoms with Crippen LogP contribution in [0.4, 0.5) is 0 Å². The summed E-state index contributed by atoms with van der Waals surface area (Å²) in [6.45, 7) is 43.4. The summed E-state index contributed by atoms with van der Waals surface area (Å²) in [6, 6.07) is 5.67. The van der Waals surface area contributed by atoms with Crippen molar-refractivity contribution in [2.45, 2.75) is 136 Å². The minimum Gasteiger partial charge on any atom is -1.00 e. The lowest BCUT2D eigenvalue weighted by molar-refractivity contribution is -1.08. The zero-order valence-electron chi connectivity index (χ0n) is 66.9. The van der Waals surface area contributed by atoms with Crippen molar-refractivity contribution in [3.63, 3.8) is 0 Å². The van der Waals surface area contributed by atoms with Crippen molar-refractivity contribution in [2.75, 3.05) is 285 Å². The van der Waals surface area contributed by atoms with Crippen LogP contribution in [0, 0.1) is 0 Å². The average Bonchev–Trinajstić information content (AvgIpc) is 0.763. The lowest BCUT2D eigenvalue weighted by Gasteiger charge is -2.56. The molecule has 12 aliphatic heterocycles. The van der Waals surface area contributed by atoms with Gasteiger partial charge in [0.25, 0.3) is 0 Å². The summed E-state index contributed by atoms with van der Waals surface area (Å²) in [6.07, 6.45) is 8.54. The van der Waals surface area contributed by atoms with E-state index < -0.39 is 74.7 Å². The highest BCUT2D eigenvalue weighted by molar-refractivity contribution is 7.63. The molecule has 0 atom stereocenters. The molecule has 2 N–H and O–H groups in total. The van der Waals surface area contributed by atoms with Crippen molar-refractivity contribution in [3.8, 4) is 0 Å². The second-order valence-electron chi connectivity index (χ2n) is 27.5. The molecular weight excluding hydrogens is 1550 g/mol. The first-order valence-corrected chi connectivity index (χ1v) is 54.8. The molecule has 0 radical (unpaired) electrons. The molecule has 30 nitrogen and oxygen atoms in total. The second kappa shape index (κ2) is 53.1. The fourth-order valence-electron chi connectivity index (χ4n) is 15.2. The number of carboxylic acid groups (broad SMARTS) is 1. The fraction of sp³-hybridized carbons (Fsp3) is 0.985. The minimum atomic E-state index is -2.76. The molecule has 0 saturated carbocycles. The Bertz CT molecular complexity index is 1990. The number of rotatable bonds is 46. The highest BCUT2D eigenvalue weighted by Gasteiger charge is 2.52. The molecule has 12 fully saturated rings. The predicted molar refractivity (Wildman–Crippen MR) is 405 cm³/mol. The summed E-state index contributed by atoms with van der Waals surface area (Å²) in [5, 5.41) is 11.2. The summed E-state index contributed by atoms with van der Waals surface area (Å²) in [4.78, 5) is 15.9. The number of aliphatic carboxylic acids is 1.